The number of imide groups is 1. The zero-order chi connectivity index (χ0) is 24.3. The molecular formula is C27H29N5O3. The average molecular weight is 472 g/mol. The van der Waals surface area contributed by atoms with E-state index in [1.807, 2.05) is 60.7 Å². The van der Waals surface area contributed by atoms with Crippen LogP contribution in [0.5, 0.6) is 0 Å². The molecule has 8 heteroatoms. The Hall–Kier alpha value is -3.94. The Morgan fingerprint density at radius 2 is 1.69 bits per heavy atom. The van der Waals surface area contributed by atoms with Gasteiger partial charge in [-0.25, -0.2) is 4.79 Å². The SMILES string of the molecule is O=C(NCCCN1C(=O)NC2(CCCC2)C1=O)c1cn(Cc2ccccc2)nc1-c1ccccc1. The number of hydrogen-bond donors (Lipinski definition) is 2. The summed E-state index contributed by atoms with van der Waals surface area (Å²) in [5, 5.41) is 10.5. The predicted octanol–water partition coefficient (Wildman–Crippen LogP) is 3.58. The number of urea groups is 1. The Balaban J connectivity index is 1.24. The molecular weight excluding hydrogens is 442 g/mol. The Labute approximate surface area is 204 Å². The third-order valence-electron chi connectivity index (χ3n) is 6.79. The number of hydrogen-bond acceptors (Lipinski definition) is 4. The number of amides is 4. The maximum Gasteiger partial charge on any atom is 0.325 e. The van der Waals surface area contributed by atoms with Crippen molar-refractivity contribution in [1.82, 2.24) is 25.3 Å². The number of rotatable bonds is 8. The first kappa shape index (κ1) is 22.8. The van der Waals surface area contributed by atoms with Crippen molar-refractivity contribution in [3.05, 3.63) is 78.0 Å². The van der Waals surface area contributed by atoms with Crippen molar-refractivity contribution in [1.29, 1.82) is 0 Å². The lowest BCUT2D eigenvalue weighted by Crippen LogP contribution is -2.44. The van der Waals surface area contributed by atoms with Crippen LogP contribution in [0, 0.1) is 0 Å². The van der Waals surface area contributed by atoms with Gasteiger partial charge >= 0.3 is 6.03 Å². The lowest BCUT2D eigenvalue weighted by molar-refractivity contribution is -0.131. The van der Waals surface area contributed by atoms with Gasteiger partial charge in [0.1, 0.15) is 11.2 Å². The molecule has 0 bridgehead atoms. The van der Waals surface area contributed by atoms with Crippen LogP contribution in [0.4, 0.5) is 4.79 Å². The maximum atomic E-state index is 13.1. The van der Waals surface area contributed by atoms with Gasteiger partial charge in [-0.15, -0.1) is 0 Å². The molecule has 5 rings (SSSR count). The van der Waals surface area contributed by atoms with Crippen molar-refractivity contribution in [2.75, 3.05) is 13.1 Å². The van der Waals surface area contributed by atoms with E-state index >= 15 is 0 Å². The quantitative estimate of drug-likeness (QED) is 0.388. The number of aromatic nitrogens is 2. The zero-order valence-corrected chi connectivity index (χ0v) is 19.6. The fourth-order valence-electron chi connectivity index (χ4n) is 4.98. The minimum Gasteiger partial charge on any atom is -0.352 e. The summed E-state index contributed by atoms with van der Waals surface area (Å²) in [4.78, 5) is 39.5. The first-order valence-electron chi connectivity index (χ1n) is 12.1. The molecule has 2 N–H and O–H groups in total. The van der Waals surface area contributed by atoms with Crippen molar-refractivity contribution in [3.63, 3.8) is 0 Å². The van der Waals surface area contributed by atoms with Gasteiger partial charge in [0.15, 0.2) is 0 Å². The van der Waals surface area contributed by atoms with Crippen LogP contribution in [0.1, 0.15) is 48.0 Å². The highest BCUT2D eigenvalue weighted by Crippen LogP contribution is 2.35. The van der Waals surface area contributed by atoms with Gasteiger partial charge in [0.2, 0.25) is 0 Å². The third-order valence-corrected chi connectivity index (χ3v) is 6.79. The van der Waals surface area contributed by atoms with Gasteiger partial charge in [0.25, 0.3) is 11.8 Å². The second kappa shape index (κ2) is 9.74. The van der Waals surface area contributed by atoms with Crippen LogP contribution in [-0.4, -0.2) is 51.2 Å². The van der Waals surface area contributed by atoms with Crippen LogP contribution in [-0.2, 0) is 11.3 Å². The molecule has 2 heterocycles. The average Bonchev–Trinajstić information content (AvgIpc) is 3.58. The molecule has 1 spiro atoms. The lowest BCUT2D eigenvalue weighted by atomic mass is 9.98. The van der Waals surface area contributed by atoms with Gasteiger partial charge in [-0.1, -0.05) is 73.5 Å². The molecule has 2 aromatic carbocycles. The predicted molar refractivity (Wildman–Crippen MR) is 132 cm³/mol. The van der Waals surface area contributed by atoms with Crippen LogP contribution < -0.4 is 10.6 Å². The fraction of sp³-hybridized carbons (Fsp3) is 0.333. The molecule has 1 aliphatic carbocycles. The van der Waals surface area contributed by atoms with Crippen molar-refractivity contribution >= 4 is 17.8 Å². The Morgan fingerprint density at radius 1 is 1.00 bits per heavy atom. The second-order valence-corrected chi connectivity index (χ2v) is 9.23. The molecule has 4 amide bonds. The summed E-state index contributed by atoms with van der Waals surface area (Å²) in [5.74, 6) is -0.354. The molecule has 0 radical (unpaired) electrons. The normalized spacial score (nSPS) is 16.6. The molecule has 180 valence electrons. The van der Waals surface area contributed by atoms with E-state index in [-0.39, 0.29) is 24.4 Å². The van der Waals surface area contributed by atoms with Crippen molar-refractivity contribution in [3.8, 4) is 11.3 Å². The monoisotopic (exact) mass is 471 g/mol. The van der Waals surface area contributed by atoms with E-state index in [0.717, 1.165) is 24.0 Å². The van der Waals surface area contributed by atoms with E-state index in [2.05, 4.69) is 10.6 Å². The molecule has 2 fully saturated rings. The maximum absolute atomic E-state index is 13.1. The number of nitrogens with zero attached hydrogens (tertiary/aromatic N) is 3. The smallest absolute Gasteiger partial charge is 0.325 e. The summed E-state index contributed by atoms with van der Waals surface area (Å²) in [6.07, 6.45) is 5.58. The molecule has 2 aliphatic rings. The highest BCUT2D eigenvalue weighted by molar-refractivity contribution is 6.07. The minimum atomic E-state index is -0.696. The lowest BCUT2D eigenvalue weighted by Gasteiger charge is -2.20. The minimum absolute atomic E-state index is 0.125. The Morgan fingerprint density at radius 3 is 2.40 bits per heavy atom. The molecule has 35 heavy (non-hydrogen) atoms. The van der Waals surface area contributed by atoms with Crippen LogP contribution in [0.3, 0.4) is 0 Å². The van der Waals surface area contributed by atoms with Gasteiger partial charge in [0, 0.05) is 24.8 Å². The zero-order valence-electron chi connectivity index (χ0n) is 19.6. The van der Waals surface area contributed by atoms with E-state index in [1.165, 1.54) is 4.90 Å². The number of carbonyl (C=O) groups excluding carboxylic acids is 3. The Bertz CT molecular complexity index is 1220. The first-order chi connectivity index (χ1) is 17.1. The molecule has 1 aromatic heterocycles. The van der Waals surface area contributed by atoms with Crippen molar-refractivity contribution < 1.29 is 14.4 Å². The molecule has 0 unspecified atom stereocenters. The van der Waals surface area contributed by atoms with Crippen LogP contribution >= 0.6 is 0 Å². The van der Waals surface area contributed by atoms with E-state index in [4.69, 9.17) is 5.10 Å². The summed E-state index contributed by atoms with van der Waals surface area (Å²) < 4.78 is 1.78. The van der Waals surface area contributed by atoms with Crippen molar-refractivity contribution in [2.45, 2.75) is 44.2 Å². The molecule has 8 nitrogen and oxygen atoms in total. The highest BCUT2D eigenvalue weighted by Gasteiger charge is 2.51. The van der Waals surface area contributed by atoms with Gasteiger partial charge in [-0.2, -0.15) is 5.10 Å². The molecule has 3 aromatic rings. The van der Waals surface area contributed by atoms with Gasteiger partial charge in [-0.05, 0) is 24.8 Å². The number of benzene rings is 2. The van der Waals surface area contributed by atoms with Crippen LogP contribution in [0.25, 0.3) is 11.3 Å². The summed E-state index contributed by atoms with van der Waals surface area (Å²) in [6, 6.07) is 19.3. The first-order valence-corrected chi connectivity index (χ1v) is 12.1. The van der Waals surface area contributed by atoms with E-state index in [9.17, 15) is 14.4 Å². The van der Waals surface area contributed by atoms with Gasteiger partial charge in [0.05, 0.1) is 12.1 Å². The molecule has 1 aliphatic heterocycles. The second-order valence-electron chi connectivity index (χ2n) is 9.23. The number of carbonyl (C=O) groups is 3. The van der Waals surface area contributed by atoms with E-state index in [1.54, 1.807) is 10.9 Å². The molecule has 1 saturated carbocycles. The van der Waals surface area contributed by atoms with E-state index in [0.29, 0.717) is 43.6 Å². The van der Waals surface area contributed by atoms with Crippen LogP contribution in [0.2, 0.25) is 0 Å². The largest absolute Gasteiger partial charge is 0.352 e. The Kier molecular flexibility index (Phi) is 6.35. The summed E-state index contributed by atoms with van der Waals surface area (Å²) >= 11 is 0. The number of nitrogens with one attached hydrogen (secondary N) is 2. The highest BCUT2D eigenvalue weighted by atomic mass is 16.2. The van der Waals surface area contributed by atoms with Gasteiger partial charge in [-0.3, -0.25) is 19.2 Å². The van der Waals surface area contributed by atoms with Crippen LogP contribution in [0.15, 0.2) is 66.9 Å². The topological polar surface area (TPSA) is 96.3 Å². The summed E-state index contributed by atoms with van der Waals surface area (Å²) in [7, 11) is 0. The van der Waals surface area contributed by atoms with E-state index < -0.39 is 5.54 Å². The standard InChI is InChI=1S/C27H29N5O3/c33-24(28-16-9-17-32-25(34)27(29-26(32)35)14-7-8-15-27)22-19-31(18-20-10-3-1-4-11-20)30-23(22)21-12-5-2-6-13-21/h1-6,10-13,19H,7-9,14-18H2,(H,28,33)(H,29,35). The third kappa shape index (κ3) is 4.69. The van der Waals surface area contributed by atoms with Crippen molar-refractivity contribution in [2.24, 2.45) is 0 Å². The fourth-order valence-corrected chi connectivity index (χ4v) is 4.98. The summed E-state index contributed by atoms with van der Waals surface area (Å²) in [5.41, 5.74) is 2.38. The summed E-state index contributed by atoms with van der Waals surface area (Å²) in [6.45, 7) is 1.19. The molecule has 0 atom stereocenters. The molecule has 1 saturated heterocycles. The van der Waals surface area contributed by atoms with Gasteiger partial charge < -0.3 is 10.6 Å².